The summed E-state index contributed by atoms with van der Waals surface area (Å²) in [6.07, 6.45) is 0. The Balaban J connectivity index is 1.62. The number of furan rings is 1. The summed E-state index contributed by atoms with van der Waals surface area (Å²) in [6.45, 7) is 4.96. The van der Waals surface area contributed by atoms with Crippen LogP contribution >= 0.6 is 11.6 Å². The predicted octanol–water partition coefficient (Wildman–Crippen LogP) is 2.75. The SMILES string of the molecule is Cc1ccc(CN2CCN(S(=O)(=O)c3ccc(Cl)cc3)CC2)o1. The zero-order chi connectivity index (χ0) is 16.4. The van der Waals surface area contributed by atoms with Gasteiger partial charge in [-0.1, -0.05) is 11.6 Å². The zero-order valence-corrected chi connectivity index (χ0v) is 14.5. The van der Waals surface area contributed by atoms with Crippen molar-refractivity contribution in [1.82, 2.24) is 9.21 Å². The third-order valence-electron chi connectivity index (χ3n) is 3.96. The van der Waals surface area contributed by atoms with E-state index in [1.165, 1.54) is 4.31 Å². The molecule has 23 heavy (non-hydrogen) atoms. The minimum absolute atomic E-state index is 0.289. The van der Waals surface area contributed by atoms with Crippen LogP contribution in [0.25, 0.3) is 0 Å². The highest BCUT2D eigenvalue weighted by molar-refractivity contribution is 7.89. The van der Waals surface area contributed by atoms with Crippen LogP contribution in [0.4, 0.5) is 0 Å². The van der Waals surface area contributed by atoms with Crippen LogP contribution in [0.2, 0.25) is 5.02 Å². The van der Waals surface area contributed by atoms with Crippen LogP contribution in [0.3, 0.4) is 0 Å². The Labute approximate surface area is 141 Å². The van der Waals surface area contributed by atoms with Gasteiger partial charge in [-0.3, -0.25) is 4.90 Å². The third kappa shape index (κ3) is 3.77. The second-order valence-electron chi connectivity index (χ2n) is 5.65. The molecule has 1 saturated heterocycles. The number of nitrogens with zero attached hydrogens (tertiary/aromatic N) is 2. The molecule has 2 aromatic rings. The fraction of sp³-hybridized carbons (Fsp3) is 0.375. The average Bonchev–Trinajstić information content (AvgIpc) is 2.93. The average molecular weight is 355 g/mol. The Hall–Kier alpha value is -1.34. The lowest BCUT2D eigenvalue weighted by atomic mass is 10.3. The van der Waals surface area contributed by atoms with Gasteiger partial charge in [-0.2, -0.15) is 4.31 Å². The molecule has 0 atom stereocenters. The van der Waals surface area contributed by atoms with E-state index >= 15 is 0 Å². The number of piperazine rings is 1. The minimum Gasteiger partial charge on any atom is -0.465 e. The first-order chi connectivity index (χ1) is 10.9. The Morgan fingerprint density at radius 3 is 2.26 bits per heavy atom. The number of hydrogen-bond acceptors (Lipinski definition) is 4. The molecule has 0 unspecified atom stereocenters. The minimum atomic E-state index is -3.45. The van der Waals surface area contributed by atoms with E-state index in [0.29, 0.717) is 37.7 Å². The van der Waals surface area contributed by atoms with Crippen molar-refractivity contribution in [2.24, 2.45) is 0 Å². The van der Waals surface area contributed by atoms with Crippen LogP contribution in [-0.4, -0.2) is 43.8 Å². The van der Waals surface area contributed by atoms with E-state index in [-0.39, 0.29) is 4.90 Å². The van der Waals surface area contributed by atoms with Gasteiger partial charge in [0.25, 0.3) is 0 Å². The molecule has 1 aromatic carbocycles. The molecule has 0 N–H and O–H groups in total. The van der Waals surface area contributed by atoms with Crippen molar-refractivity contribution in [3.8, 4) is 0 Å². The topological polar surface area (TPSA) is 53.8 Å². The second-order valence-corrected chi connectivity index (χ2v) is 8.02. The standard InChI is InChI=1S/C16H19ClN2O3S/c1-13-2-5-15(22-13)12-18-8-10-19(11-9-18)23(20,21)16-6-3-14(17)4-7-16/h2-7H,8-12H2,1H3. The van der Waals surface area contributed by atoms with Gasteiger partial charge in [0.2, 0.25) is 10.0 Å². The lowest BCUT2D eigenvalue weighted by molar-refractivity contribution is 0.170. The fourth-order valence-corrected chi connectivity index (χ4v) is 4.22. The smallest absolute Gasteiger partial charge is 0.243 e. The van der Waals surface area contributed by atoms with Gasteiger partial charge in [-0.15, -0.1) is 0 Å². The largest absolute Gasteiger partial charge is 0.465 e. The summed E-state index contributed by atoms with van der Waals surface area (Å²) in [5, 5.41) is 0.530. The third-order valence-corrected chi connectivity index (χ3v) is 6.12. The maximum Gasteiger partial charge on any atom is 0.243 e. The van der Waals surface area contributed by atoms with E-state index in [1.54, 1.807) is 24.3 Å². The van der Waals surface area contributed by atoms with Crippen molar-refractivity contribution >= 4 is 21.6 Å². The van der Waals surface area contributed by atoms with Crippen molar-refractivity contribution < 1.29 is 12.8 Å². The molecule has 2 heterocycles. The fourth-order valence-electron chi connectivity index (χ4n) is 2.67. The quantitative estimate of drug-likeness (QED) is 0.847. The van der Waals surface area contributed by atoms with Gasteiger partial charge in [0.05, 0.1) is 11.4 Å². The molecule has 0 aliphatic carbocycles. The number of aryl methyl sites for hydroxylation is 1. The van der Waals surface area contributed by atoms with Crippen LogP contribution in [0.1, 0.15) is 11.5 Å². The van der Waals surface area contributed by atoms with Gasteiger partial charge in [0.15, 0.2) is 0 Å². The number of hydrogen-bond donors (Lipinski definition) is 0. The molecular formula is C16H19ClN2O3S. The Morgan fingerprint density at radius 1 is 1.04 bits per heavy atom. The van der Waals surface area contributed by atoms with Crippen molar-refractivity contribution in [2.45, 2.75) is 18.4 Å². The van der Waals surface area contributed by atoms with Crippen LogP contribution < -0.4 is 0 Å². The van der Waals surface area contributed by atoms with Crippen molar-refractivity contribution in [3.05, 3.63) is 52.9 Å². The first kappa shape index (κ1) is 16.5. The van der Waals surface area contributed by atoms with Crippen molar-refractivity contribution in [2.75, 3.05) is 26.2 Å². The molecule has 1 aromatic heterocycles. The van der Waals surface area contributed by atoms with Gasteiger partial charge >= 0.3 is 0 Å². The van der Waals surface area contributed by atoms with Crippen molar-refractivity contribution in [3.63, 3.8) is 0 Å². The molecule has 7 heteroatoms. The molecule has 0 saturated carbocycles. The molecular weight excluding hydrogens is 336 g/mol. The Morgan fingerprint density at radius 2 is 1.70 bits per heavy atom. The summed E-state index contributed by atoms with van der Waals surface area (Å²) in [5.41, 5.74) is 0. The highest BCUT2D eigenvalue weighted by atomic mass is 35.5. The molecule has 3 rings (SSSR count). The Bertz CT molecular complexity index is 763. The van der Waals surface area contributed by atoms with E-state index in [4.69, 9.17) is 16.0 Å². The van der Waals surface area contributed by atoms with E-state index in [2.05, 4.69) is 4.90 Å². The maximum absolute atomic E-state index is 12.6. The molecule has 1 aliphatic rings. The lowest BCUT2D eigenvalue weighted by Gasteiger charge is -2.33. The summed E-state index contributed by atoms with van der Waals surface area (Å²) >= 11 is 5.82. The first-order valence-corrected chi connectivity index (χ1v) is 9.30. The summed E-state index contributed by atoms with van der Waals surface area (Å²) in [7, 11) is -3.45. The van der Waals surface area contributed by atoms with Gasteiger partial charge in [-0.25, -0.2) is 8.42 Å². The first-order valence-electron chi connectivity index (χ1n) is 7.48. The number of benzene rings is 1. The normalized spacial score (nSPS) is 17.5. The van der Waals surface area contributed by atoms with E-state index < -0.39 is 10.0 Å². The summed E-state index contributed by atoms with van der Waals surface area (Å²) in [6, 6.07) is 10.2. The summed E-state index contributed by atoms with van der Waals surface area (Å²) in [5.74, 6) is 1.81. The number of rotatable bonds is 4. The molecule has 124 valence electrons. The molecule has 0 radical (unpaired) electrons. The highest BCUT2D eigenvalue weighted by Gasteiger charge is 2.28. The van der Waals surface area contributed by atoms with Crippen LogP contribution in [0.5, 0.6) is 0 Å². The zero-order valence-electron chi connectivity index (χ0n) is 12.9. The highest BCUT2D eigenvalue weighted by Crippen LogP contribution is 2.20. The van der Waals surface area contributed by atoms with Gasteiger partial charge in [-0.05, 0) is 43.3 Å². The van der Waals surface area contributed by atoms with Crippen molar-refractivity contribution in [1.29, 1.82) is 0 Å². The van der Waals surface area contributed by atoms with E-state index in [1.807, 2.05) is 19.1 Å². The van der Waals surface area contributed by atoms with E-state index in [0.717, 1.165) is 11.5 Å². The molecule has 1 fully saturated rings. The molecule has 1 aliphatic heterocycles. The second kappa shape index (κ2) is 6.65. The predicted molar refractivity (Wildman–Crippen MR) is 88.9 cm³/mol. The van der Waals surface area contributed by atoms with Crippen LogP contribution in [0, 0.1) is 6.92 Å². The lowest BCUT2D eigenvalue weighted by Crippen LogP contribution is -2.48. The van der Waals surface area contributed by atoms with Crippen LogP contribution in [-0.2, 0) is 16.6 Å². The van der Waals surface area contributed by atoms with E-state index in [9.17, 15) is 8.42 Å². The van der Waals surface area contributed by atoms with Gasteiger partial charge in [0.1, 0.15) is 11.5 Å². The van der Waals surface area contributed by atoms with Gasteiger partial charge in [0, 0.05) is 31.2 Å². The summed E-state index contributed by atoms with van der Waals surface area (Å²) in [4.78, 5) is 2.49. The molecule has 0 bridgehead atoms. The molecule has 5 nitrogen and oxygen atoms in total. The van der Waals surface area contributed by atoms with Crippen LogP contribution in [0.15, 0.2) is 45.7 Å². The Kier molecular flexibility index (Phi) is 4.77. The summed E-state index contributed by atoms with van der Waals surface area (Å²) < 4.78 is 32.3. The van der Waals surface area contributed by atoms with Gasteiger partial charge < -0.3 is 4.42 Å². The molecule has 0 amide bonds. The maximum atomic E-state index is 12.6. The number of sulfonamides is 1. The number of halogens is 1. The molecule has 0 spiro atoms. The monoisotopic (exact) mass is 354 g/mol.